The van der Waals surface area contributed by atoms with E-state index in [0.29, 0.717) is 13.0 Å². The van der Waals surface area contributed by atoms with Crippen molar-refractivity contribution in [2.24, 2.45) is 5.73 Å². The summed E-state index contributed by atoms with van der Waals surface area (Å²) in [6.45, 7) is 4.79. The maximum absolute atomic E-state index is 11.7. The minimum Gasteiger partial charge on any atom is -0.330 e. The Morgan fingerprint density at radius 2 is 2.18 bits per heavy atom. The first kappa shape index (κ1) is 12.4. The zero-order valence-electron chi connectivity index (χ0n) is 10.2. The molecule has 1 heterocycles. The summed E-state index contributed by atoms with van der Waals surface area (Å²) in [7, 11) is 0. The van der Waals surface area contributed by atoms with Crippen molar-refractivity contribution in [3.63, 3.8) is 0 Å². The zero-order valence-corrected chi connectivity index (χ0v) is 10.9. The van der Waals surface area contributed by atoms with Crippen molar-refractivity contribution in [2.45, 2.75) is 25.7 Å². The molecule has 0 aliphatic carbocycles. The summed E-state index contributed by atoms with van der Waals surface area (Å²) in [5.74, 6) is 0.0673. The van der Waals surface area contributed by atoms with Crippen molar-refractivity contribution in [1.29, 1.82) is 0 Å². The highest BCUT2D eigenvalue weighted by Gasteiger charge is 2.28. The normalized spacial score (nSPS) is 15.3. The standard InChI is InChI=1S/C13H17ClN2O/c1-13(2,7-15)10-3-4-11-9(5-10)6-12(17)16(11)8-14/h3-5H,6-8,15H2,1-2H3. The van der Waals surface area contributed by atoms with Crippen LogP contribution in [0.4, 0.5) is 5.69 Å². The van der Waals surface area contributed by atoms with E-state index < -0.39 is 0 Å². The molecule has 17 heavy (non-hydrogen) atoms. The molecule has 0 fully saturated rings. The van der Waals surface area contributed by atoms with Gasteiger partial charge in [-0.25, -0.2) is 0 Å². The first-order chi connectivity index (χ1) is 7.99. The molecule has 0 spiro atoms. The van der Waals surface area contributed by atoms with Crippen LogP contribution in [0.1, 0.15) is 25.0 Å². The number of anilines is 1. The maximum Gasteiger partial charge on any atom is 0.232 e. The predicted octanol–water partition coefficient (Wildman–Crippen LogP) is 2.01. The molecule has 3 nitrogen and oxygen atoms in total. The number of fused-ring (bicyclic) bond motifs is 1. The molecule has 1 amide bonds. The van der Waals surface area contributed by atoms with Crippen molar-refractivity contribution >= 4 is 23.2 Å². The summed E-state index contributed by atoms with van der Waals surface area (Å²) >= 11 is 5.77. The van der Waals surface area contributed by atoms with E-state index in [0.717, 1.165) is 11.3 Å². The molecule has 0 radical (unpaired) electrons. The third kappa shape index (κ3) is 2.05. The fourth-order valence-electron chi connectivity index (χ4n) is 2.05. The lowest BCUT2D eigenvalue weighted by atomic mass is 9.84. The summed E-state index contributed by atoms with van der Waals surface area (Å²) < 4.78 is 0. The second-order valence-corrected chi connectivity index (χ2v) is 5.29. The van der Waals surface area contributed by atoms with Crippen molar-refractivity contribution < 1.29 is 4.79 Å². The Morgan fingerprint density at radius 3 is 2.76 bits per heavy atom. The van der Waals surface area contributed by atoms with Gasteiger partial charge in [0.1, 0.15) is 6.00 Å². The third-order valence-electron chi connectivity index (χ3n) is 3.42. The van der Waals surface area contributed by atoms with Crippen LogP contribution >= 0.6 is 11.6 Å². The molecule has 0 atom stereocenters. The smallest absolute Gasteiger partial charge is 0.232 e. The Morgan fingerprint density at radius 1 is 1.47 bits per heavy atom. The number of nitrogens with zero attached hydrogens (tertiary/aromatic N) is 1. The second kappa shape index (κ2) is 4.31. The molecule has 0 saturated heterocycles. The van der Waals surface area contributed by atoms with Crippen molar-refractivity contribution in [2.75, 3.05) is 17.4 Å². The summed E-state index contributed by atoms with van der Waals surface area (Å²) in [6, 6.07) is 6.29. The van der Waals surface area contributed by atoms with Gasteiger partial charge in [0.05, 0.1) is 6.42 Å². The maximum atomic E-state index is 11.7. The van der Waals surface area contributed by atoms with Gasteiger partial charge in [0.15, 0.2) is 0 Å². The number of alkyl halides is 1. The third-order valence-corrected chi connectivity index (χ3v) is 3.66. The number of halogens is 1. The fraction of sp³-hybridized carbons (Fsp3) is 0.462. The van der Waals surface area contributed by atoms with Gasteiger partial charge in [0, 0.05) is 17.6 Å². The van der Waals surface area contributed by atoms with Gasteiger partial charge >= 0.3 is 0 Å². The monoisotopic (exact) mass is 252 g/mol. The molecule has 4 heteroatoms. The molecule has 1 aliphatic heterocycles. The SMILES string of the molecule is CC(C)(CN)c1ccc2c(c1)CC(=O)N2CCl. The van der Waals surface area contributed by atoms with Crippen LogP contribution in [-0.2, 0) is 16.6 Å². The van der Waals surface area contributed by atoms with Crippen LogP contribution in [0, 0.1) is 0 Å². The molecule has 0 saturated carbocycles. The van der Waals surface area contributed by atoms with E-state index in [1.165, 1.54) is 5.56 Å². The fourth-order valence-corrected chi connectivity index (χ4v) is 2.32. The van der Waals surface area contributed by atoms with E-state index in [1.54, 1.807) is 4.90 Å². The number of nitrogens with two attached hydrogens (primary N) is 1. The number of hydrogen-bond donors (Lipinski definition) is 1. The zero-order chi connectivity index (χ0) is 12.6. The first-order valence-electron chi connectivity index (χ1n) is 5.69. The molecular weight excluding hydrogens is 236 g/mol. The van der Waals surface area contributed by atoms with Gasteiger partial charge < -0.3 is 5.73 Å². The molecule has 0 unspecified atom stereocenters. The van der Waals surface area contributed by atoms with E-state index in [-0.39, 0.29) is 17.3 Å². The molecule has 0 bridgehead atoms. The Bertz CT molecular complexity index is 457. The summed E-state index contributed by atoms with van der Waals surface area (Å²) in [5, 5.41) is 0. The van der Waals surface area contributed by atoms with E-state index in [2.05, 4.69) is 19.9 Å². The minimum absolute atomic E-state index is 0.0630. The highest BCUT2D eigenvalue weighted by atomic mass is 35.5. The van der Waals surface area contributed by atoms with E-state index in [1.807, 2.05) is 12.1 Å². The van der Waals surface area contributed by atoms with Crippen molar-refractivity contribution in [3.8, 4) is 0 Å². The predicted molar refractivity (Wildman–Crippen MR) is 70.4 cm³/mol. The molecule has 1 aliphatic rings. The number of carbonyl (C=O) groups excluding carboxylic acids is 1. The lowest BCUT2D eigenvalue weighted by molar-refractivity contribution is -0.117. The molecule has 2 N–H and O–H groups in total. The Kier molecular flexibility index (Phi) is 3.15. The molecule has 1 aromatic carbocycles. The van der Waals surface area contributed by atoms with Gasteiger partial charge in [-0.1, -0.05) is 26.0 Å². The highest BCUT2D eigenvalue weighted by molar-refractivity contribution is 6.22. The lowest BCUT2D eigenvalue weighted by Crippen LogP contribution is -2.28. The summed E-state index contributed by atoms with van der Waals surface area (Å²) in [6.07, 6.45) is 0.441. The highest BCUT2D eigenvalue weighted by Crippen LogP contribution is 2.33. The summed E-state index contributed by atoms with van der Waals surface area (Å²) in [4.78, 5) is 13.3. The Hall–Kier alpha value is -1.06. The van der Waals surface area contributed by atoms with E-state index in [4.69, 9.17) is 17.3 Å². The molecule has 1 aromatic rings. The topological polar surface area (TPSA) is 46.3 Å². The van der Waals surface area contributed by atoms with Crippen LogP contribution in [0.2, 0.25) is 0 Å². The number of rotatable bonds is 3. The van der Waals surface area contributed by atoms with Gasteiger partial charge in [0.2, 0.25) is 5.91 Å². The molecule has 0 aromatic heterocycles. The molecule has 2 rings (SSSR count). The van der Waals surface area contributed by atoms with Gasteiger partial charge in [-0.05, 0) is 17.2 Å². The number of amides is 1. The second-order valence-electron chi connectivity index (χ2n) is 5.05. The number of benzene rings is 1. The first-order valence-corrected chi connectivity index (χ1v) is 6.23. The molecule has 92 valence electrons. The van der Waals surface area contributed by atoms with Crippen LogP contribution in [0.5, 0.6) is 0 Å². The molecular formula is C13H17ClN2O. The van der Waals surface area contributed by atoms with Crippen LogP contribution < -0.4 is 10.6 Å². The van der Waals surface area contributed by atoms with Gasteiger partial charge in [-0.3, -0.25) is 9.69 Å². The van der Waals surface area contributed by atoms with Gasteiger partial charge in [-0.2, -0.15) is 0 Å². The largest absolute Gasteiger partial charge is 0.330 e. The van der Waals surface area contributed by atoms with E-state index >= 15 is 0 Å². The Balaban J connectivity index is 2.41. The average Bonchev–Trinajstić information content (AvgIpc) is 2.63. The van der Waals surface area contributed by atoms with Crippen molar-refractivity contribution in [3.05, 3.63) is 29.3 Å². The van der Waals surface area contributed by atoms with Crippen LogP contribution in [0.15, 0.2) is 18.2 Å². The number of hydrogen-bond acceptors (Lipinski definition) is 2. The lowest BCUT2D eigenvalue weighted by Gasteiger charge is -2.24. The summed E-state index contributed by atoms with van der Waals surface area (Å²) in [5.41, 5.74) is 8.85. The number of carbonyl (C=O) groups is 1. The average molecular weight is 253 g/mol. The Labute approximate surface area is 107 Å². The van der Waals surface area contributed by atoms with Gasteiger partial charge in [-0.15, -0.1) is 11.6 Å². The van der Waals surface area contributed by atoms with Crippen molar-refractivity contribution in [1.82, 2.24) is 0 Å². The minimum atomic E-state index is -0.0630. The van der Waals surface area contributed by atoms with Gasteiger partial charge in [0.25, 0.3) is 0 Å². The van der Waals surface area contributed by atoms with Crippen LogP contribution in [-0.4, -0.2) is 18.5 Å². The quantitative estimate of drug-likeness (QED) is 0.661. The van der Waals surface area contributed by atoms with Crippen LogP contribution in [0.3, 0.4) is 0 Å². The van der Waals surface area contributed by atoms with E-state index in [9.17, 15) is 4.79 Å². The van der Waals surface area contributed by atoms with Crippen LogP contribution in [0.25, 0.3) is 0 Å².